The summed E-state index contributed by atoms with van der Waals surface area (Å²) in [6, 6.07) is 0.214. The Morgan fingerprint density at radius 1 is 1.58 bits per heavy atom. The number of hydrogen-bond acceptors (Lipinski definition) is 4. The second kappa shape index (κ2) is 5.61. The highest BCUT2D eigenvalue weighted by atomic mass is 17.3. The van der Waals surface area contributed by atoms with Gasteiger partial charge >= 0.3 is 0 Å². The van der Waals surface area contributed by atoms with Gasteiger partial charge in [0.25, 0.3) is 0 Å². The third-order valence-corrected chi connectivity index (χ3v) is 4.45. The van der Waals surface area contributed by atoms with E-state index < -0.39 is 5.60 Å². The molecule has 2 aliphatic heterocycles. The largest absolute Gasteiger partial charge is 0.369 e. The highest BCUT2D eigenvalue weighted by Crippen LogP contribution is 2.41. The minimum atomic E-state index is -0.679. The van der Waals surface area contributed by atoms with Crippen molar-refractivity contribution in [2.75, 3.05) is 6.54 Å². The van der Waals surface area contributed by atoms with Crippen molar-refractivity contribution in [3.05, 3.63) is 12.7 Å². The van der Waals surface area contributed by atoms with Crippen LogP contribution in [-0.2, 0) is 14.7 Å². The summed E-state index contributed by atoms with van der Waals surface area (Å²) in [7, 11) is 0. The molecule has 1 amide bonds. The van der Waals surface area contributed by atoms with Crippen molar-refractivity contribution in [2.24, 2.45) is 17.6 Å². The number of primary amides is 1. The molecule has 0 radical (unpaired) electrons. The molecule has 4 atom stereocenters. The van der Waals surface area contributed by atoms with Crippen LogP contribution in [0.3, 0.4) is 0 Å². The van der Waals surface area contributed by atoms with Gasteiger partial charge in [-0.2, -0.15) is 5.06 Å². The summed E-state index contributed by atoms with van der Waals surface area (Å²) >= 11 is 0. The predicted molar refractivity (Wildman–Crippen MR) is 71.6 cm³/mol. The molecule has 0 aromatic carbocycles. The summed E-state index contributed by atoms with van der Waals surface area (Å²) in [4.78, 5) is 23.0. The lowest BCUT2D eigenvalue weighted by atomic mass is 9.77. The normalized spacial score (nSPS) is 39.6. The maximum atomic E-state index is 11.9. The topological polar surface area (TPSA) is 64.8 Å². The van der Waals surface area contributed by atoms with Gasteiger partial charge in [-0.15, -0.1) is 11.6 Å². The van der Waals surface area contributed by atoms with Crippen molar-refractivity contribution >= 4 is 5.91 Å². The second-order valence-electron chi connectivity index (χ2n) is 5.85. The monoisotopic (exact) mass is 268 g/mol. The molecule has 2 N–H and O–H groups in total. The SMILES string of the molecule is C=CCC1(CC)OON2CC(C)CC2CC1C(N)=O. The molecule has 2 fully saturated rings. The molecule has 2 heterocycles. The Balaban J connectivity index is 2.25. The number of nitrogens with zero attached hydrogens (tertiary/aromatic N) is 1. The van der Waals surface area contributed by atoms with Crippen LogP contribution in [0, 0.1) is 11.8 Å². The van der Waals surface area contributed by atoms with Crippen LogP contribution in [0.2, 0.25) is 0 Å². The minimum absolute atomic E-state index is 0.214. The molecule has 19 heavy (non-hydrogen) atoms. The van der Waals surface area contributed by atoms with Crippen LogP contribution in [0.1, 0.15) is 39.5 Å². The summed E-state index contributed by atoms with van der Waals surface area (Å²) in [5, 5.41) is 1.86. The third-order valence-electron chi connectivity index (χ3n) is 4.45. The lowest BCUT2D eigenvalue weighted by Crippen LogP contribution is -2.46. The van der Waals surface area contributed by atoms with E-state index in [1.54, 1.807) is 6.08 Å². The summed E-state index contributed by atoms with van der Waals surface area (Å²) in [5.41, 5.74) is 4.93. The Bertz CT molecular complexity index is 361. The number of hydroxylamine groups is 2. The maximum Gasteiger partial charge on any atom is 0.223 e. The number of amides is 1. The first kappa shape index (κ1) is 14.5. The molecule has 2 saturated heterocycles. The van der Waals surface area contributed by atoms with Gasteiger partial charge in [0.05, 0.1) is 5.92 Å². The molecular formula is C14H24N2O3. The number of carbonyl (C=O) groups is 1. The summed E-state index contributed by atoms with van der Waals surface area (Å²) < 4.78 is 0. The fourth-order valence-electron chi connectivity index (χ4n) is 3.33. The van der Waals surface area contributed by atoms with E-state index in [1.807, 2.05) is 12.0 Å². The highest BCUT2D eigenvalue weighted by Gasteiger charge is 2.49. The van der Waals surface area contributed by atoms with Gasteiger partial charge in [0, 0.05) is 12.6 Å². The molecule has 0 saturated carbocycles. The smallest absolute Gasteiger partial charge is 0.223 e. The summed E-state index contributed by atoms with van der Waals surface area (Å²) in [5.74, 6) is -0.0971. The van der Waals surface area contributed by atoms with Gasteiger partial charge in [0.2, 0.25) is 5.91 Å². The Labute approximate surface area is 114 Å². The van der Waals surface area contributed by atoms with Gasteiger partial charge in [-0.05, 0) is 31.6 Å². The minimum Gasteiger partial charge on any atom is -0.369 e. The maximum absolute atomic E-state index is 11.9. The number of fused-ring (bicyclic) bond motifs is 1. The van der Waals surface area contributed by atoms with Gasteiger partial charge in [0.1, 0.15) is 5.60 Å². The van der Waals surface area contributed by atoms with E-state index in [0.29, 0.717) is 25.2 Å². The molecule has 2 rings (SSSR count). The van der Waals surface area contributed by atoms with Crippen LogP contribution in [0.4, 0.5) is 0 Å². The number of hydrogen-bond donors (Lipinski definition) is 1. The van der Waals surface area contributed by atoms with E-state index in [1.165, 1.54) is 0 Å². The Morgan fingerprint density at radius 3 is 2.89 bits per heavy atom. The van der Waals surface area contributed by atoms with Gasteiger partial charge in [0.15, 0.2) is 0 Å². The summed E-state index contributed by atoms with van der Waals surface area (Å²) in [6.07, 6.45) is 4.71. The average molecular weight is 268 g/mol. The van der Waals surface area contributed by atoms with Crippen molar-refractivity contribution in [1.29, 1.82) is 0 Å². The lowest BCUT2D eigenvalue weighted by molar-refractivity contribution is -0.466. The van der Waals surface area contributed by atoms with E-state index in [4.69, 9.17) is 15.6 Å². The number of nitrogens with two attached hydrogens (primary N) is 1. The van der Waals surface area contributed by atoms with Crippen molar-refractivity contribution in [3.63, 3.8) is 0 Å². The Kier molecular flexibility index (Phi) is 4.28. The quantitative estimate of drug-likeness (QED) is 0.623. The van der Waals surface area contributed by atoms with Crippen molar-refractivity contribution in [1.82, 2.24) is 5.06 Å². The van der Waals surface area contributed by atoms with Crippen LogP contribution in [-0.4, -0.2) is 29.2 Å². The van der Waals surface area contributed by atoms with Crippen LogP contribution >= 0.6 is 0 Å². The van der Waals surface area contributed by atoms with Crippen molar-refractivity contribution in [3.8, 4) is 0 Å². The van der Waals surface area contributed by atoms with E-state index in [2.05, 4.69) is 13.5 Å². The van der Waals surface area contributed by atoms with Gasteiger partial charge < -0.3 is 5.73 Å². The first-order valence-corrected chi connectivity index (χ1v) is 7.05. The fourth-order valence-corrected chi connectivity index (χ4v) is 3.33. The molecule has 0 aromatic rings. The predicted octanol–water partition coefficient (Wildman–Crippen LogP) is 1.79. The standard InChI is InChI=1S/C14H24N2O3/c1-4-6-14(5-2)12(13(15)17)8-11-7-10(3)9-16(11)19-18-14/h4,10-12H,1,5-9H2,2-3H3,(H2,15,17). The molecule has 0 aliphatic carbocycles. The number of carbonyl (C=O) groups excluding carboxylic acids is 1. The van der Waals surface area contributed by atoms with E-state index >= 15 is 0 Å². The molecule has 0 bridgehead atoms. The molecule has 5 nitrogen and oxygen atoms in total. The zero-order valence-corrected chi connectivity index (χ0v) is 11.8. The van der Waals surface area contributed by atoms with Gasteiger partial charge in [-0.3, -0.25) is 4.79 Å². The van der Waals surface area contributed by atoms with Crippen LogP contribution in [0.5, 0.6) is 0 Å². The zero-order chi connectivity index (χ0) is 14.0. The van der Waals surface area contributed by atoms with Crippen LogP contribution in [0.25, 0.3) is 0 Å². The summed E-state index contributed by atoms with van der Waals surface area (Å²) in [6.45, 7) is 8.76. The first-order chi connectivity index (χ1) is 9.02. The molecule has 4 unspecified atom stereocenters. The van der Waals surface area contributed by atoms with E-state index in [9.17, 15) is 4.79 Å². The third kappa shape index (κ3) is 2.68. The van der Waals surface area contributed by atoms with Crippen LogP contribution in [0.15, 0.2) is 12.7 Å². The second-order valence-corrected chi connectivity index (χ2v) is 5.85. The molecule has 0 spiro atoms. The highest BCUT2D eigenvalue weighted by molar-refractivity contribution is 5.78. The van der Waals surface area contributed by atoms with Gasteiger partial charge in [-0.1, -0.05) is 19.9 Å². The van der Waals surface area contributed by atoms with Crippen molar-refractivity contribution < 1.29 is 14.7 Å². The molecule has 2 aliphatic rings. The number of rotatable bonds is 4. The lowest BCUT2D eigenvalue weighted by Gasteiger charge is -2.34. The van der Waals surface area contributed by atoms with Crippen molar-refractivity contribution in [2.45, 2.75) is 51.2 Å². The van der Waals surface area contributed by atoms with Gasteiger partial charge in [-0.25, -0.2) is 4.89 Å². The molecule has 108 valence electrons. The van der Waals surface area contributed by atoms with E-state index in [0.717, 1.165) is 13.0 Å². The molecule has 0 aromatic heterocycles. The molecule has 5 heteroatoms. The first-order valence-electron chi connectivity index (χ1n) is 7.05. The fraction of sp³-hybridized carbons (Fsp3) is 0.786. The average Bonchev–Trinajstić information content (AvgIpc) is 2.65. The Hall–Kier alpha value is -0.910. The molecular weight excluding hydrogens is 244 g/mol. The Morgan fingerprint density at radius 2 is 2.32 bits per heavy atom. The van der Waals surface area contributed by atoms with Crippen LogP contribution < -0.4 is 5.73 Å². The van der Waals surface area contributed by atoms with E-state index in [-0.39, 0.29) is 17.9 Å². The zero-order valence-electron chi connectivity index (χ0n) is 11.8.